The van der Waals surface area contributed by atoms with Gasteiger partial charge < -0.3 is 4.74 Å². The van der Waals surface area contributed by atoms with Crippen LogP contribution in [0.15, 0.2) is 78.0 Å². The molecule has 3 aromatic carbocycles. The normalized spacial score (nSPS) is 11.2. The third-order valence-electron chi connectivity index (χ3n) is 4.43. The molecule has 144 valence electrons. The molecule has 1 heterocycles. The van der Waals surface area contributed by atoms with Gasteiger partial charge in [-0.25, -0.2) is 13.4 Å². The van der Waals surface area contributed by atoms with Crippen LogP contribution in [0.1, 0.15) is 5.56 Å². The summed E-state index contributed by atoms with van der Waals surface area (Å²) in [7, 11) is -2.48. The van der Waals surface area contributed by atoms with Gasteiger partial charge in [-0.05, 0) is 42.5 Å². The van der Waals surface area contributed by atoms with E-state index in [9.17, 15) is 8.42 Å². The number of hydrogen-bond acceptors (Lipinski definition) is 5. The number of nitriles is 1. The monoisotopic (exact) mass is 404 g/mol. The number of ether oxygens (including phenoxy) is 1. The Morgan fingerprint density at radius 2 is 1.90 bits per heavy atom. The minimum atomic E-state index is -3.86. The van der Waals surface area contributed by atoms with Gasteiger partial charge in [0.05, 0.1) is 34.3 Å². The minimum Gasteiger partial charge on any atom is -0.495 e. The van der Waals surface area contributed by atoms with Crippen molar-refractivity contribution >= 4 is 26.7 Å². The Morgan fingerprint density at radius 3 is 2.69 bits per heavy atom. The average molecular weight is 404 g/mol. The number of fused-ring (bicyclic) bond motifs is 1. The topological polar surface area (TPSA) is 97.0 Å². The Hall–Kier alpha value is -3.83. The number of anilines is 1. The number of sulfonamides is 1. The lowest BCUT2D eigenvalue weighted by atomic mass is 10.2. The van der Waals surface area contributed by atoms with Crippen LogP contribution in [-0.2, 0) is 10.0 Å². The second-order valence-electron chi connectivity index (χ2n) is 6.23. The predicted molar refractivity (Wildman–Crippen MR) is 110 cm³/mol. The summed E-state index contributed by atoms with van der Waals surface area (Å²) in [5.74, 6) is 0.203. The Balaban J connectivity index is 1.68. The number of rotatable bonds is 5. The first kappa shape index (κ1) is 18.5. The zero-order valence-corrected chi connectivity index (χ0v) is 16.2. The van der Waals surface area contributed by atoms with Gasteiger partial charge in [0, 0.05) is 11.8 Å². The number of benzene rings is 3. The van der Waals surface area contributed by atoms with E-state index in [-0.39, 0.29) is 16.2 Å². The Kier molecular flexibility index (Phi) is 4.66. The molecule has 0 aliphatic rings. The van der Waals surface area contributed by atoms with Crippen LogP contribution in [0.4, 0.5) is 5.69 Å². The van der Waals surface area contributed by atoms with Crippen LogP contribution in [-0.4, -0.2) is 25.1 Å². The van der Waals surface area contributed by atoms with Crippen molar-refractivity contribution in [3.8, 4) is 17.5 Å². The number of nitrogens with zero attached hydrogens (tertiary/aromatic N) is 3. The van der Waals surface area contributed by atoms with Crippen molar-refractivity contribution < 1.29 is 13.2 Å². The van der Waals surface area contributed by atoms with Crippen LogP contribution in [0.2, 0.25) is 0 Å². The number of methoxy groups -OCH3 is 1. The molecular formula is C21H16N4O3S. The zero-order valence-electron chi connectivity index (χ0n) is 15.4. The summed E-state index contributed by atoms with van der Waals surface area (Å²) in [4.78, 5) is 4.37. The highest BCUT2D eigenvalue weighted by molar-refractivity contribution is 7.92. The van der Waals surface area contributed by atoms with Crippen LogP contribution in [0, 0.1) is 11.3 Å². The number of imidazole rings is 1. The number of nitrogens with one attached hydrogen (secondary N) is 1. The molecule has 0 radical (unpaired) electrons. The van der Waals surface area contributed by atoms with Crippen molar-refractivity contribution in [2.24, 2.45) is 0 Å². The molecule has 0 amide bonds. The lowest BCUT2D eigenvalue weighted by Crippen LogP contribution is -2.13. The first-order valence-electron chi connectivity index (χ1n) is 8.65. The summed E-state index contributed by atoms with van der Waals surface area (Å²) in [6.45, 7) is 0. The van der Waals surface area contributed by atoms with Gasteiger partial charge >= 0.3 is 0 Å². The summed E-state index contributed by atoms with van der Waals surface area (Å²) in [5, 5.41) is 9.07. The van der Waals surface area contributed by atoms with E-state index in [0.717, 1.165) is 16.7 Å². The van der Waals surface area contributed by atoms with Crippen LogP contribution >= 0.6 is 0 Å². The van der Waals surface area contributed by atoms with Crippen molar-refractivity contribution in [3.05, 3.63) is 78.6 Å². The number of para-hydroxylation sites is 2. The summed E-state index contributed by atoms with van der Waals surface area (Å²) < 4.78 is 35.2. The lowest BCUT2D eigenvalue weighted by molar-refractivity contribution is 0.412. The van der Waals surface area contributed by atoms with E-state index in [2.05, 4.69) is 9.71 Å². The molecule has 0 bridgehead atoms. The van der Waals surface area contributed by atoms with Crippen LogP contribution in [0.25, 0.3) is 16.7 Å². The summed E-state index contributed by atoms with van der Waals surface area (Å²) in [6.07, 6.45) is 1.70. The molecule has 8 heteroatoms. The standard InChI is InChI=1S/C21H16N4O3S/c1-28-21-12-18(10-9-15(21)13-22)29(26,27)24-16-5-4-6-17(11-16)25-14-23-19-7-2-3-8-20(19)25/h2-12,14,24H,1H3. The molecule has 0 aliphatic heterocycles. The molecular weight excluding hydrogens is 388 g/mol. The van der Waals surface area contributed by atoms with Crippen molar-refractivity contribution in [3.63, 3.8) is 0 Å². The molecule has 4 aromatic rings. The van der Waals surface area contributed by atoms with Gasteiger partial charge in [0.1, 0.15) is 18.1 Å². The third kappa shape index (κ3) is 3.51. The predicted octanol–water partition coefficient (Wildman–Crippen LogP) is 3.71. The highest BCUT2D eigenvalue weighted by Gasteiger charge is 2.17. The van der Waals surface area contributed by atoms with Gasteiger partial charge in [-0.1, -0.05) is 18.2 Å². The minimum absolute atomic E-state index is 0.00633. The number of aromatic nitrogens is 2. The van der Waals surface area contributed by atoms with Gasteiger partial charge in [0.15, 0.2) is 0 Å². The fraction of sp³-hybridized carbons (Fsp3) is 0.0476. The quantitative estimate of drug-likeness (QED) is 0.547. The molecule has 4 rings (SSSR count). The summed E-state index contributed by atoms with van der Waals surface area (Å²) in [5.41, 5.74) is 3.22. The molecule has 29 heavy (non-hydrogen) atoms. The summed E-state index contributed by atoms with van der Waals surface area (Å²) in [6, 6.07) is 20.8. The molecule has 7 nitrogen and oxygen atoms in total. The smallest absolute Gasteiger partial charge is 0.262 e. The van der Waals surface area contributed by atoms with E-state index < -0.39 is 10.0 Å². The van der Waals surface area contributed by atoms with E-state index in [1.807, 2.05) is 41.0 Å². The maximum absolute atomic E-state index is 12.8. The van der Waals surface area contributed by atoms with E-state index in [4.69, 9.17) is 10.00 Å². The van der Waals surface area contributed by atoms with Crippen molar-refractivity contribution in [2.75, 3.05) is 11.8 Å². The molecule has 0 fully saturated rings. The van der Waals surface area contributed by atoms with E-state index in [1.54, 1.807) is 24.5 Å². The lowest BCUT2D eigenvalue weighted by Gasteiger charge is -2.12. The van der Waals surface area contributed by atoms with Gasteiger partial charge in [0.2, 0.25) is 0 Å². The van der Waals surface area contributed by atoms with Gasteiger partial charge in [-0.3, -0.25) is 9.29 Å². The Bertz CT molecular complexity index is 1350. The highest BCUT2D eigenvalue weighted by atomic mass is 32.2. The molecule has 0 aliphatic carbocycles. The Morgan fingerprint density at radius 1 is 1.07 bits per heavy atom. The van der Waals surface area contributed by atoms with E-state index in [0.29, 0.717) is 5.69 Å². The second kappa shape index (κ2) is 7.30. The summed E-state index contributed by atoms with van der Waals surface area (Å²) >= 11 is 0. The van der Waals surface area contributed by atoms with Crippen molar-refractivity contribution in [2.45, 2.75) is 4.90 Å². The van der Waals surface area contributed by atoms with Crippen LogP contribution in [0.3, 0.4) is 0 Å². The van der Waals surface area contributed by atoms with E-state index >= 15 is 0 Å². The molecule has 0 atom stereocenters. The van der Waals surface area contributed by atoms with Gasteiger partial charge in [-0.2, -0.15) is 5.26 Å². The van der Waals surface area contributed by atoms with Crippen molar-refractivity contribution in [1.82, 2.24) is 9.55 Å². The fourth-order valence-corrected chi connectivity index (χ4v) is 4.09. The fourth-order valence-electron chi connectivity index (χ4n) is 3.03. The maximum Gasteiger partial charge on any atom is 0.262 e. The van der Waals surface area contributed by atoms with Gasteiger partial charge in [0.25, 0.3) is 10.0 Å². The largest absolute Gasteiger partial charge is 0.495 e. The molecule has 0 unspecified atom stereocenters. The van der Waals surface area contributed by atoms with Crippen LogP contribution in [0.5, 0.6) is 5.75 Å². The molecule has 0 spiro atoms. The highest BCUT2D eigenvalue weighted by Crippen LogP contribution is 2.25. The number of hydrogen-bond donors (Lipinski definition) is 1. The molecule has 0 saturated carbocycles. The Labute approximate surface area is 167 Å². The molecule has 1 aromatic heterocycles. The van der Waals surface area contributed by atoms with E-state index in [1.165, 1.54) is 25.3 Å². The molecule has 1 N–H and O–H groups in total. The molecule has 0 saturated heterocycles. The van der Waals surface area contributed by atoms with Crippen LogP contribution < -0.4 is 9.46 Å². The first-order chi connectivity index (χ1) is 14.0. The SMILES string of the molecule is COc1cc(S(=O)(=O)Nc2cccc(-n3cnc4ccccc43)c2)ccc1C#N. The van der Waals surface area contributed by atoms with Crippen molar-refractivity contribution in [1.29, 1.82) is 5.26 Å². The zero-order chi connectivity index (χ0) is 20.4. The first-order valence-corrected chi connectivity index (χ1v) is 10.1. The second-order valence-corrected chi connectivity index (χ2v) is 7.92. The van der Waals surface area contributed by atoms with Gasteiger partial charge in [-0.15, -0.1) is 0 Å². The third-order valence-corrected chi connectivity index (χ3v) is 5.81. The average Bonchev–Trinajstić information content (AvgIpc) is 3.17. The maximum atomic E-state index is 12.8.